The van der Waals surface area contributed by atoms with Crippen LogP contribution in [0, 0.1) is 6.92 Å². The van der Waals surface area contributed by atoms with Gasteiger partial charge in [0.25, 0.3) is 0 Å². The minimum Gasteiger partial charge on any atom is -0.459 e. The molecule has 2 N–H and O–H groups in total. The SMILES string of the molecule is CCC(C)OC(=O)c1csc(S(N)(=O)=O)c1C. The Morgan fingerprint density at radius 1 is 1.59 bits per heavy atom. The lowest BCUT2D eigenvalue weighted by molar-refractivity contribution is 0.0334. The fourth-order valence-corrected chi connectivity index (χ4v) is 3.21. The van der Waals surface area contributed by atoms with E-state index in [4.69, 9.17) is 9.88 Å². The summed E-state index contributed by atoms with van der Waals surface area (Å²) in [4.78, 5) is 11.7. The number of primary sulfonamides is 1. The van der Waals surface area contributed by atoms with Crippen LogP contribution in [0.1, 0.15) is 36.2 Å². The van der Waals surface area contributed by atoms with Gasteiger partial charge >= 0.3 is 5.97 Å². The highest BCUT2D eigenvalue weighted by Gasteiger charge is 2.22. The van der Waals surface area contributed by atoms with Crippen LogP contribution in [0.25, 0.3) is 0 Å². The predicted molar refractivity (Wildman–Crippen MR) is 65.6 cm³/mol. The van der Waals surface area contributed by atoms with Gasteiger partial charge < -0.3 is 4.74 Å². The highest BCUT2D eigenvalue weighted by atomic mass is 32.2. The van der Waals surface area contributed by atoms with Gasteiger partial charge in [-0.05, 0) is 25.8 Å². The summed E-state index contributed by atoms with van der Waals surface area (Å²) >= 11 is 0.932. The van der Waals surface area contributed by atoms with E-state index in [1.807, 2.05) is 6.92 Å². The number of ether oxygens (including phenoxy) is 1. The lowest BCUT2D eigenvalue weighted by atomic mass is 10.2. The van der Waals surface area contributed by atoms with Gasteiger partial charge in [0, 0.05) is 5.38 Å². The molecule has 1 rings (SSSR count). The van der Waals surface area contributed by atoms with Gasteiger partial charge in [0.15, 0.2) is 0 Å². The molecule has 1 aromatic heterocycles. The molecule has 0 amide bonds. The van der Waals surface area contributed by atoms with Crippen molar-refractivity contribution in [2.75, 3.05) is 0 Å². The molecule has 1 unspecified atom stereocenters. The summed E-state index contributed by atoms with van der Waals surface area (Å²) < 4.78 is 27.5. The second-order valence-corrected chi connectivity index (χ2v) is 6.37. The molecular weight excluding hydrogens is 262 g/mol. The molecule has 1 heterocycles. The number of hydrogen-bond acceptors (Lipinski definition) is 5. The van der Waals surface area contributed by atoms with Crippen LogP contribution in [0.4, 0.5) is 0 Å². The molecular formula is C10H15NO4S2. The van der Waals surface area contributed by atoms with Gasteiger partial charge in [-0.15, -0.1) is 11.3 Å². The van der Waals surface area contributed by atoms with E-state index in [0.717, 1.165) is 11.3 Å². The summed E-state index contributed by atoms with van der Waals surface area (Å²) in [5.74, 6) is -0.511. The van der Waals surface area contributed by atoms with Crippen molar-refractivity contribution in [3.63, 3.8) is 0 Å². The van der Waals surface area contributed by atoms with Crippen LogP contribution in [0.2, 0.25) is 0 Å². The van der Waals surface area contributed by atoms with Crippen LogP contribution in [-0.2, 0) is 14.8 Å². The first kappa shape index (κ1) is 14.1. The molecule has 0 fully saturated rings. The summed E-state index contributed by atoms with van der Waals surface area (Å²) in [6, 6.07) is 0. The molecule has 0 spiro atoms. The first-order valence-electron chi connectivity index (χ1n) is 5.09. The Kier molecular flexibility index (Phi) is 4.29. The monoisotopic (exact) mass is 277 g/mol. The van der Waals surface area contributed by atoms with E-state index in [1.165, 1.54) is 5.38 Å². The highest BCUT2D eigenvalue weighted by Crippen LogP contribution is 2.26. The maximum absolute atomic E-state index is 11.7. The maximum Gasteiger partial charge on any atom is 0.339 e. The molecule has 1 atom stereocenters. The number of esters is 1. The molecule has 0 aliphatic heterocycles. The Morgan fingerprint density at radius 3 is 2.59 bits per heavy atom. The van der Waals surface area contributed by atoms with Gasteiger partial charge in [0.05, 0.1) is 11.7 Å². The standard InChI is InChI=1S/C10H15NO4S2/c1-4-6(2)15-9(12)8-5-16-10(7(8)3)17(11,13)14/h5-6H,4H2,1-3H3,(H2,11,13,14). The van der Waals surface area contributed by atoms with Crippen LogP contribution in [0.3, 0.4) is 0 Å². The fraction of sp³-hybridized carbons (Fsp3) is 0.500. The Bertz CT molecular complexity index is 518. The molecule has 0 bridgehead atoms. The van der Waals surface area contributed by atoms with Crippen molar-refractivity contribution >= 4 is 27.3 Å². The van der Waals surface area contributed by atoms with Crippen molar-refractivity contribution in [1.82, 2.24) is 0 Å². The van der Waals surface area contributed by atoms with Gasteiger partial charge in [-0.1, -0.05) is 6.92 Å². The van der Waals surface area contributed by atoms with E-state index in [1.54, 1.807) is 13.8 Å². The summed E-state index contributed by atoms with van der Waals surface area (Å²) in [5.41, 5.74) is 0.616. The smallest absolute Gasteiger partial charge is 0.339 e. The normalized spacial score (nSPS) is 13.4. The summed E-state index contributed by atoms with van der Waals surface area (Å²) in [6.45, 7) is 5.22. The maximum atomic E-state index is 11.7. The molecule has 96 valence electrons. The number of rotatable bonds is 4. The second-order valence-electron chi connectivity index (χ2n) is 3.73. The topological polar surface area (TPSA) is 86.5 Å². The number of carbonyl (C=O) groups is 1. The van der Waals surface area contributed by atoms with E-state index in [2.05, 4.69) is 0 Å². The van der Waals surface area contributed by atoms with Crippen molar-refractivity contribution in [1.29, 1.82) is 0 Å². The van der Waals surface area contributed by atoms with E-state index in [-0.39, 0.29) is 15.9 Å². The number of carbonyl (C=O) groups excluding carboxylic acids is 1. The van der Waals surface area contributed by atoms with Crippen molar-refractivity contribution < 1.29 is 17.9 Å². The van der Waals surface area contributed by atoms with E-state index in [9.17, 15) is 13.2 Å². The molecule has 0 aromatic carbocycles. The van der Waals surface area contributed by atoms with E-state index < -0.39 is 16.0 Å². The lowest BCUT2D eigenvalue weighted by Crippen LogP contribution is -2.15. The van der Waals surface area contributed by atoms with Crippen molar-refractivity contribution in [2.45, 2.75) is 37.5 Å². The highest BCUT2D eigenvalue weighted by molar-refractivity contribution is 7.91. The van der Waals surface area contributed by atoms with Crippen LogP contribution < -0.4 is 5.14 Å². The molecule has 0 aliphatic rings. The zero-order chi connectivity index (χ0) is 13.2. The quantitative estimate of drug-likeness (QED) is 0.848. The Hall–Kier alpha value is -0.920. The molecule has 0 aliphatic carbocycles. The molecule has 1 aromatic rings. The summed E-state index contributed by atoms with van der Waals surface area (Å²) in [7, 11) is -3.77. The molecule has 5 nitrogen and oxygen atoms in total. The minimum atomic E-state index is -3.77. The third kappa shape index (κ3) is 3.27. The average Bonchev–Trinajstić information content (AvgIpc) is 2.59. The van der Waals surface area contributed by atoms with Crippen molar-refractivity contribution in [2.24, 2.45) is 5.14 Å². The number of nitrogens with two attached hydrogens (primary N) is 1. The van der Waals surface area contributed by atoms with Crippen LogP contribution in [-0.4, -0.2) is 20.5 Å². The Morgan fingerprint density at radius 2 is 2.18 bits per heavy atom. The third-order valence-electron chi connectivity index (χ3n) is 2.36. The van der Waals surface area contributed by atoms with Gasteiger partial charge in [0.1, 0.15) is 4.21 Å². The van der Waals surface area contributed by atoms with Crippen molar-refractivity contribution in [3.8, 4) is 0 Å². The van der Waals surface area contributed by atoms with Gasteiger partial charge in [0.2, 0.25) is 10.0 Å². The van der Waals surface area contributed by atoms with Gasteiger partial charge in [-0.25, -0.2) is 18.4 Å². The zero-order valence-electron chi connectivity index (χ0n) is 9.89. The molecule has 7 heteroatoms. The zero-order valence-corrected chi connectivity index (χ0v) is 11.5. The first-order valence-corrected chi connectivity index (χ1v) is 7.51. The predicted octanol–water partition coefficient (Wildman–Crippen LogP) is 1.66. The minimum absolute atomic E-state index is 0.00796. The largest absolute Gasteiger partial charge is 0.459 e. The van der Waals surface area contributed by atoms with Crippen LogP contribution in [0.5, 0.6) is 0 Å². The summed E-state index contributed by atoms with van der Waals surface area (Å²) in [5, 5.41) is 6.49. The van der Waals surface area contributed by atoms with Gasteiger partial charge in [-0.2, -0.15) is 0 Å². The molecule has 17 heavy (non-hydrogen) atoms. The van der Waals surface area contributed by atoms with Crippen LogP contribution >= 0.6 is 11.3 Å². The van der Waals surface area contributed by atoms with Crippen molar-refractivity contribution in [3.05, 3.63) is 16.5 Å². The molecule has 0 radical (unpaired) electrons. The Labute approximate surface area is 105 Å². The second kappa shape index (κ2) is 5.16. The fourth-order valence-electron chi connectivity index (χ4n) is 1.21. The third-order valence-corrected chi connectivity index (χ3v) is 5.04. The average molecular weight is 277 g/mol. The lowest BCUT2D eigenvalue weighted by Gasteiger charge is -2.10. The molecule has 0 saturated carbocycles. The number of hydrogen-bond donors (Lipinski definition) is 1. The molecule has 0 saturated heterocycles. The van der Waals surface area contributed by atoms with E-state index >= 15 is 0 Å². The number of thiophene rings is 1. The summed E-state index contributed by atoms with van der Waals surface area (Å²) in [6.07, 6.45) is 0.511. The van der Waals surface area contributed by atoms with E-state index in [0.29, 0.717) is 12.0 Å². The number of sulfonamides is 1. The van der Waals surface area contributed by atoms with Crippen LogP contribution in [0.15, 0.2) is 9.59 Å². The first-order chi connectivity index (χ1) is 7.77. The van der Waals surface area contributed by atoms with Gasteiger partial charge in [-0.3, -0.25) is 0 Å². The Balaban J connectivity index is 3.02.